The minimum atomic E-state index is -3.65. The summed E-state index contributed by atoms with van der Waals surface area (Å²) in [6, 6.07) is 13.2. The van der Waals surface area contributed by atoms with Crippen molar-refractivity contribution in [3.63, 3.8) is 0 Å². The number of hydrogen-bond donors (Lipinski definition) is 1. The van der Waals surface area contributed by atoms with E-state index in [2.05, 4.69) is 10.4 Å². The number of benzene rings is 2. The van der Waals surface area contributed by atoms with Crippen LogP contribution in [0.2, 0.25) is 0 Å². The van der Waals surface area contributed by atoms with E-state index in [0.717, 1.165) is 11.3 Å². The molecule has 0 unspecified atom stereocenters. The first kappa shape index (κ1) is 26.8. The Morgan fingerprint density at radius 3 is 2.44 bits per heavy atom. The van der Waals surface area contributed by atoms with Gasteiger partial charge < -0.3 is 19.5 Å². The fourth-order valence-electron chi connectivity index (χ4n) is 4.13. The van der Waals surface area contributed by atoms with Crippen molar-refractivity contribution in [2.75, 3.05) is 45.8 Å². The summed E-state index contributed by atoms with van der Waals surface area (Å²) in [5.41, 5.74) is 2.57. The standard InChI is InChI=1S/C26H27N5O6S2/c1-17-14-24(28-25(32)18-4-7-20(8-5-18)39(33,34)30-10-12-37-13-11-30)31(29-17)26-27-21(16-38-26)19-6-9-22(35-2)23(15-19)36-3/h4-9,14-16H,10-13H2,1-3H3,(H,28,32). The second kappa shape index (κ2) is 11.1. The highest BCUT2D eigenvalue weighted by Gasteiger charge is 2.26. The molecular formula is C26H27N5O6S2. The summed E-state index contributed by atoms with van der Waals surface area (Å²) in [6.07, 6.45) is 0. The number of hydrogen-bond acceptors (Lipinski definition) is 9. The SMILES string of the molecule is COc1ccc(-c2csc(-n3nc(C)cc3NC(=O)c3ccc(S(=O)(=O)N4CCOCC4)cc3)n2)cc1OC. The number of morpholine rings is 1. The Kier molecular flexibility index (Phi) is 7.66. The number of sulfonamides is 1. The van der Waals surface area contributed by atoms with Crippen LogP contribution in [0, 0.1) is 6.92 Å². The van der Waals surface area contributed by atoms with Crippen LogP contribution < -0.4 is 14.8 Å². The lowest BCUT2D eigenvalue weighted by molar-refractivity contribution is 0.0730. The predicted molar refractivity (Wildman–Crippen MR) is 146 cm³/mol. The second-order valence-corrected chi connectivity index (χ2v) is 11.4. The molecule has 1 amide bonds. The molecule has 1 N–H and O–H groups in total. The number of amides is 1. The number of methoxy groups -OCH3 is 2. The number of aromatic nitrogens is 3. The van der Waals surface area contributed by atoms with E-state index in [-0.39, 0.29) is 4.90 Å². The van der Waals surface area contributed by atoms with Crippen molar-refractivity contribution in [3.05, 3.63) is 65.2 Å². The maximum absolute atomic E-state index is 13.1. The fourth-order valence-corrected chi connectivity index (χ4v) is 6.33. The average molecular weight is 570 g/mol. The van der Waals surface area contributed by atoms with Gasteiger partial charge in [0.2, 0.25) is 15.2 Å². The number of carbonyl (C=O) groups excluding carboxylic acids is 1. The number of thiazole rings is 1. The number of carbonyl (C=O) groups is 1. The van der Waals surface area contributed by atoms with Gasteiger partial charge in [0.25, 0.3) is 5.91 Å². The number of anilines is 1. The molecule has 0 bridgehead atoms. The first-order valence-electron chi connectivity index (χ1n) is 12.0. The second-order valence-electron chi connectivity index (χ2n) is 8.66. The summed E-state index contributed by atoms with van der Waals surface area (Å²) in [4.78, 5) is 17.9. The minimum Gasteiger partial charge on any atom is -0.493 e. The van der Waals surface area contributed by atoms with Crippen LogP contribution in [0.25, 0.3) is 16.4 Å². The van der Waals surface area contributed by atoms with Crippen LogP contribution >= 0.6 is 11.3 Å². The van der Waals surface area contributed by atoms with Crippen LogP contribution in [0.4, 0.5) is 5.82 Å². The van der Waals surface area contributed by atoms with E-state index >= 15 is 0 Å². The fraction of sp³-hybridized carbons (Fsp3) is 0.269. The maximum Gasteiger partial charge on any atom is 0.256 e. The summed E-state index contributed by atoms with van der Waals surface area (Å²) in [5, 5.41) is 9.83. The largest absolute Gasteiger partial charge is 0.493 e. The van der Waals surface area contributed by atoms with E-state index in [4.69, 9.17) is 19.2 Å². The third kappa shape index (κ3) is 5.52. The van der Waals surface area contributed by atoms with Crippen molar-refractivity contribution in [2.45, 2.75) is 11.8 Å². The van der Waals surface area contributed by atoms with Gasteiger partial charge in [-0.25, -0.2) is 13.4 Å². The Morgan fingerprint density at radius 2 is 1.74 bits per heavy atom. The molecule has 204 valence electrons. The van der Waals surface area contributed by atoms with Crippen LogP contribution in [0.3, 0.4) is 0 Å². The Bertz CT molecular complexity index is 1590. The van der Waals surface area contributed by atoms with Crippen LogP contribution in [0.1, 0.15) is 16.1 Å². The van der Waals surface area contributed by atoms with Crippen molar-refractivity contribution in [1.82, 2.24) is 19.1 Å². The Morgan fingerprint density at radius 1 is 1.03 bits per heavy atom. The summed E-state index contributed by atoms with van der Waals surface area (Å²) >= 11 is 1.38. The molecule has 3 heterocycles. The molecule has 1 fully saturated rings. The molecule has 5 rings (SSSR count). The number of nitrogens with one attached hydrogen (secondary N) is 1. The molecule has 1 aliphatic rings. The summed E-state index contributed by atoms with van der Waals surface area (Å²) < 4.78 is 44.7. The van der Waals surface area contributed by atoms with Crippen LogP contribution in [0.15, 0.2) is 58.8 Å². The van der Waals surface area contributed by atoms with Crippen molar-refractivity contribution in [3.8, 4) is 27.9 Å². The molecule has 1 aliphatic heterocycles. The van der Waals surface area contributed by atoms with Gasteiger partial charge in [0, 0.05) is 35.7 Å². The molecule has 13 heteroatoms. The highest BCUT2D eigenvalue weighted by atomic mass is 32.2. The number of ether oxygens (including phenoxy) is 3. The molecule has 0 aliphatic carbocycles. The molecule has 0 radical (unpaired) electrons. The van der Waals surface area contributed by atoms with Crippen molar-refractivity contribution >= 4 is 33.1 Å². The molecule has 0 atom stereocenters. The highest BCUT2D eigenvalue weighted by molar-refractivity contribution is 7.89. The first-order chi connectivity index (χ1) is 18.8. The van der Waals surface area contributed by atoms with E-state index in [9.17, 15) is 13.2 Å². The number of nitrogens with zero attached hydrogens (tertiary/aromatic N) is 4. The van der Waals surface area contributed by atoms with Gasteiger partial charge in [0.05, 0.1) is 43.7 Å². The lowest BCUT2D eigenvalue weighted by Crippen LogP contribution is -2.40. The number of rotatable bonds is 8. The van der Waals surface area contributed by atoms with Gasteiger partial charge >= 0.3 is 0 Å². The van der Waals surface area contributed by atoms with Gasteiger partial charge in [-0.3, -0.25) is 4.79 Å². The van der Waals surface area contributed by atoms with E-state index in [1.165, 1.54) is 39.9 Å². The third-order valence-electron chi connectivity index (χ3n) is 6.15. The van der Waals surface area contributed by atoms with Crippen molar-refractivity contribution in [1.29, 1.82) is 0 Å². The van der Waals surface area contributed by atoms with E-state index in [1.54, 1.807) is 25.0 Å². The highest BCUT2D eigenvalue weighted by Crippen LogP contribution is 2.33. The van der Waals surface area contributed by atoms with Gasteiger partial charge in [-0.1, -0.05) is 0 Å². The summed E-state index contributed by atoms with van der Waals surface area (Å²) in [6.45, 7) is 3.15. The smallest absolute Gasteiger partial charge is 0.256 e. The zero-order valence-electron chi connectivity index (χ0n) is 21.6. The van der Waals surface area contributed by atoms with Gasteiger partial charge in [-0.05, 0) is 49.4 Å². The molecule has 4 aromatic rings. The topological polar surface area (TPSA) is 125 Å². The third-order valence-corrected chi connectivity index (χ3v) is 8.88. The Balaban J connectivity index is 1.35. The van der Waals surface area contributed by atoms with E-state index < -0.39 is 15.9 Å². The van der Waals surface area contributed by atoms with E-state index in [0.29, 0.717) is 60.0 Å². The molecule has 0 saturated carbocycles. The summed E-state index contributed by atoms with van der Waals surface area (Å²) in [7, 11) is -0.491. The zero-order valence-corrected chi connectivity index (χ0v) is 23.2. The molecule has 1 saturated heterocycles. The van der Waals surface area contributed by atoms with Gasteiger partial charge in [-0.2, -0.15) is 14.1 Å². The van der Waals surface area contributed by atoms with Crippen LogP contribution in [-0.2, 0) is 14.8 Å². The predicted octanol–water partition coefficient (Wildman–Crippen LogP) is 3.59. The lowest BCUT2D eigenvalue weighted by atomic mass is 10.1. The molecular weight excluding hydrogens is 542 g/mol. The van der Waals surface area contributed by atoms with Crippen LogP contribution in [0.5, 0.6) is 11.5 Å². The normalized spacial score (nSPS) is 14.2. The Hall–Kier alpha value is -3.78. The lowest BCUT2D eigenvalue weighted by Gasteiger charge is -2.26. The monoisotopic (exact) mass is 569 g/mol. The van der Waals surface area contributed by atoms with Gasteiger partial charge in [-0.15, -0.1) is 11.3 Å². The molecule has 2 aromatic carbocycles. The van der Waals surface area contributed by atoms with Gasteiger partial charge in [0.15, 0.2) is 11.5 Å². The summed E-state index contributed by atoms with van der Waals surface area (Å²) in [5.74, 6) is 1.26. The Labute approximate surface area is 230 Å². The average Bonchev–Trinajstić information content (AvgIpc) is 3.59. The van der Waals surface area contributed by atoms with Crippen LogP contribution in [-0.4, -0.2) is 73.9 Å². The molecule has 2 aromatic heterocycles. The number of aryl methyl sites for hydroxylation is 1. The first-order valence-corrected chi connectivity index (χ1v) is 14.4. The van der Waals surface area contributed by atoms with Crippen molar-refractivity contribution < 1.29 is 27.4 Å². The zero-order chi connectivity index (χ0) is 27.6. The minimum absolute atomic E-state index is 0.132. The quantitative estimate of drug-likeness (QED) is 0.341. The van der Waals surface area contributed by atoms with Crippen molar-refractivity contribution in [2.24, 2.45) is 0 Å². The maximum atomic E-state index is 13.1. The van der Waals surface area contributed by atoms with Gasteiger partial charge in [0.1, 0.15) is 5.82 Å². The van der Waals surface area contributed by atoms with E-state index in [1.807, 2.05) is 30.5 Å². The molecule has 0 spiro atoms. The molecule has 39 heavy (non-hydrogen) atoms. The molecule has 11 nitrogen and oxygen atoms in total.